The summed E-state index contributed by atoms with van der Waals surface area (Å²) in [5, 5.41) is 7.61. The molecule has 0 aliphatic heterocycles. The number of thiophene rings is 1. The van der Waals surface area contributed by atoms with Gasteiger partial charge in [0.25, 0.3) is 11.5 Å². The van der Waals surface area contributed by atoms with Gasteiger partial charge >= 0.3 is 0 Å². The third-order valence-corrected chi connectivity index (χ3v) is 8.92. The lowest BCUT2D eigenvalue weighted by atomic mass is 9.97. The lowest BCUT2D eigenvalue weighted by Gasteiger charge is -2.13. The van der Waals surface area contributed by atoms with Gasteiger partial charge in [-0.1, -0.05) is 71.9 Å². The van der Waals surface area contributed by atoms with E-state index in [1.165, 1.54) is 16.6 Å². The quantitative estimate of drug-likeness (QED) is 0.124. The lowest BCUT2D eigenvalue weighted by Crippen LogP contribution is -2.24. The molecule has 0 spiro atoms. The molecule has 5 aromatic rings. The molecule has 3 aromatic carbocycles. The summed E-state index contributed by atoms with van der Waals surface area (Å²) >= 11 is 2.87. The van der Waals surface area contributed by atoms with Crippen LogP contribution < -0.4 is 11.0 Å². The average molecular weight is 539 g/mol. The monoisotopic (exact) mass is 538 g/mol. The second-order valence-corrected chi connectivity index (χ2v) is 11.4. The molecule has 0 atom stereocenters. The Labute approximate surface area is 228 Å². The van der Waals surface area contributed by atoms with Gasteiger partial charge in [0.1, 0.15) is 4.83 Å². The summed E-state index contributed by atoms with van der Waals surface area (Å²) in [7, 11) is 0. The molecule has 1 amide bonds. The van der Waals surface area contributed by atoms with Crippen LogP contribution in [0.15, 0.2) is 81.8 Å². The molecule has 1 aliphatic rings. The van der Waals surface area contributed by atoms with Crippen LogP contribution in [0.25, 0.3) is 26.7 Å². The highest BCUT2D eigenvalue weighted by Crippen LogP contribution is 2.35. The molecule has 0 bridgehead atoms. The molecule has 0 unspecified atom stereocenters. The fourth-order valence-electron chi connectivity index (χ4n) is 4.90. The summed E-state index contributed by atoms with van der Waals surface area (Å²) in [6, 6.07) is 21.9. The SMILES string of the molecule is Cc1ccc(-n2c(SCC(=O)N/N=C\c3cccc4ccccc34)nc3sc4c(c3c2=O)CCCC4)cc1. The van der Waals surface area contributed by atoms with Gasteiger partial charge in [-0.15, -0.1) is 11.3 Å². The van der Waals surface area contributed by atoms with Crippen molar-refractivity contribution in [1.29, 1.82) is 0 Å². The number of hydrazone groups is 1. The first kappa shape index (κ1) is 24.6. The van der Waals surface area contributed by atoms with E-state index in [4.69, 9.17) is 4.98 Å². The number of benzene rings is 3. The molecule has 6 nitrogen and oxygen atoms in total. The molecule has 8 heteroatoms. The Kier molecular flexibility index (Phi) is 6.82. The number of fused-ring (bicyclic) bond motifs is 4. The van der Waals surface area contributed by atoms with Crippen molar-refractivity contribution in [2.24, 2.45) is 5.10 Å². The predicted molar refractivity (Wildman–Crippen MR) is 157 cm³/mol. The standard InChI is InChI=1S/C30H26N4O2S2/c1-19-13-15-22(16-14-19)34-29(36)27-24-11-4-5-12-25(24)38-28(27)32-30(34)37-18-26(35)33-31-17-21-9-6-8-20-7-2-3-10-23(20)21/h2-3,6-10,13-17H,4-5,11-12,18H2,1H3,(H,33,35)/b31-17-. The second-order valence-electron chi connectivity index (χ2n) is 9.41. The number of thioether (sulfide) groups is 1. The molecule has 2 heterocycles. The Hall–Kier alpha value is -3.75. The van der Waals surface area contributed by atoms with E-state index in [9.17, 15) is 9.59 Å². The largest absolute Gasteiger partial charge is 0.272 e. The van der Waals surface area contributed by atoms with E-state index in [1.54, 1.807) is 22.1 Å². The highest BCUT2D eigenvalue weighted by Gasteiger charge is 2.23. The van der Waals surface area contributed by atoms with E-state index in [0.29, 0.717) is 5.16 Å². The lowest BCUT2D eigenvalue weighted by molar-refractivity contribution is -0.118. The van der Waals surface area contributed by atoms with Gasteiger partial charge in [-0.25, -0.2) is 10.4 Å². The molecule has 0 saturated carbocycles. The van der Waals surface area contributed by atoms with Crippen LogP contribution in [0.4, 0.5) is 0 Å². The second kappa shape index (κ2) is 10.6. The number of rotatable bonds is 6. The fourth-order valence-corrected chi connectivity index (χ4v) is 7.01. The maximum Gasteiger partial charge on any atom is 0.267 e. The van der Waals surface area contributed by atoms with Gasteiger partial charge in [0.15, 0.2) is 5.16 Å². The van der Waals surface area contributed by atoms with Crippen molar-refractivity contribution >= 4 is 56.2 Å². The summed E-state index contributed by atoms with van der Waals surface area (Å²) in [4.78, 5) is 33.5. The smallest absolute Gasteiger partial charge is 0.267 e. The average Bonchev–Trinajstić information content (AvgIpc) is 3.31. The minimum atomic E-state index is -0.262. The first-order valence-electron chi connectivity index (χ1n) is 12.7. The van der Waals surface area contributed by atoms with Gasteiger partial charge in [0, 0.05) is 10.4 Å². The molecule has 1 aliphatic carbocycles. The Morgan fingerprint density at radius 2 is 1.87 bits per heavy atom. The molecular formula is C30H26N4O2S2. The number of carbonyl (C=O) groups excluding carboxylic acids is 1. The van der Waals surface area contributed by atoms with Gasteiger partial charge in [0.05, 0.1) is 23.0 Å². The van der Waals surface area contributed by atoms with Gasteiger partial charge in [-0.3, -0.25) is 14.2 Å². The first-order chi connectivity index (χ1) is 18.6. The van der Waals surface area contributed by atoms with Crippen molar-refractivity contribution in [2.75, 3.05) is 5.75 Å². The van der Waals surface area contributed by atoms with E-state index in [2.05, 4.69) is 10.5 Å². The molecule has 6 rings (SSSR count). The van der Waals surface area contributed by atoms with Crippen LogP contribution in [-0.4, -0.2) is 27.4 Å². The molecule has 38 heavy (non-hydrogen) atoms. The third kappa shape index (κ3) is 4.77. The van der Waals surface area contributed by atoms with Crippen LogP contribution in [0.2, 0.25) is 0 Å². The predicted octanol–water partition coefficient (Wildman–Crippen LogP) is 6.03. The van der Waals surface area contributed by atoms with Gasteiger partial charge in [-0.05, 0) is 61.1 Å². The highest BCUT2D eigenvalue weighted by atomic mass is 32.2. The van der Waals surface area contributed by atoms with Crippen LogP contribution in [0.5, 0.6) is 0 Å². The van der Waals surface area contributed by atoms with Gasteiger partial charge in [0.2, 0.25) is 0 Å². The number of hydrogen-bond donors (Lipinski definition) is 1. The van der Waals surface area contributed by atoms with Gasteiger partial charge in [-0.2, -0.15) is 5.10 Å². The van der Waals surface area contributed by atoms with Crippen LogP contribution in [0, 0.1) is 6.92 Å². The highest BCUT2D eigenvalue weighted by molar-refractivity contribution is 7.99. The van der Waals surface area contributed by atoms with Crippen molar-refractivity contribution in [3.05, 3.63) is 98.7 Å². The number of aromatic nitrogens is 2. The van der Waals surface area contributed by atoms with Crippen molar-refractivity contribution in [3.8, 4) is 5.69 Å². The number of aryl methyl sites for hydroxylation is 3. The molecular weight excluding hydrogens is 512 g/mol. The van der Waals surface area contributed by atoms with E-state index in [0.717, 1.165) is 69.1 Å². The van der Waals surface area contributed by atoms with Crippen LogP contribution in [0.1, 0.15) is 34.4 Å². The first-order valence-corrected chi connectivity index (χ1v) is 14.5. The number of amides is 1. The minimum absolute atomic E-state index is 0.0601. The van der Waals surface area contributed by atoms with E-state index >= 15 is 0 Å². The molecule has 190 valence electrons. The maximum absolute atomic E-state index is 13.8. The van der Waals surface area contributed by atoms with E-state index < -0.39 is 0 Å². The fraction of sp³-hybridized carbons (Fsp3) is 0.200. The van der Waals surface area contributed by atoms with Crippen molar-refractivity contribution < 1.29 is 4.79 Å². The van der Waals surface area contributed by atoms with Crippen LogP contribution in [-0.2, 0) is 17.6 Å². The van der Waals surface area contributed by atoms with Crippen molar-refractivity contribution in [3.63, 3.8) is 0 Å². The summed E-state index contributed by atoms with van der Waals surface area (Å²) < 4.78 is 1.65. The third-order valence-electron chi connectivity index (χ3n) is 6.80. The topological polar surface area (TPSA) is 76.3 Å². The van der Waals surface area contributed by atoms with Crippen LogP contribution in [0.3, 0.4) is 0 Å². The molecule has 0 radical (unpaired) electrons. The Balaban J connectivity index is 1.27. The van der Waals surface area contributed by atoms with Crippen molar-refractivity contribution in [1.82, 2.24) is 15.0 Å². The van der Waals surface area contributed by atoms with E-state index in [1.807, 2.05) is 73.7 Å². The zero-order chi connectivity index (χ0) is 26.1. The maximum atomic E-state index is 13.8. The zero-order valence-electron chi connectivity index (χ0n) is 20.9. The number of carbonyl (C=O) groups is 1. The zero-order valence-corrected chi connectivity index (χ0v) is 22.6. The molecule has 2 aromatic heterocycles. The normalized spacial score (nSPS) is 13.3. The molecule has 1 N–H and O–H groups in total. The van der Waals surface area contributed by atoms with Gasteiger partial charge < -0.3 is 0 Å². The van der Waals surface area contributed by atoms with E-state index in [-0.39, 0.29) is 17.2 Å². The van der Waals surface area contributed by atoms with Crippen molar-refractivity contribution in [2.45, 2.75) is 37.8 Å². The summed E-state index contributed by atoms with van der Waals surface area (Å²) in [6.45, 7) is 2.02. The summed E-state index contributed by atoms with van der Waals surface area (Å²) in [5.74, 6) is -0.177. The number of nitrogens with one attached hydrogen (secondary N) is 1. The molecule has 0 fully saturated rings. The van der Waals surface area contributed by atoms with Crippen LogP contribution >= 0.6 is 23.1 Å². The summed E-state index contributed by atoms with van der Waals surface area (Å²) in [5.41, 5.74) is 6.51. The summed E-state index contributed by atoms with van der Waals surface area (Å²) in [6.07, 6.45) is 5.82. The Bertz CT molecular complexity index is 1750. The number of nitrogens with zero attached hydrogens (tertiary/aromatic N) is 3. The molecule has 0 saturated heterocycles. The Morgan fingerprint density at radius 3 is 2.74 bits per heavy atom. The number of hydrogen-bond acceptors (Lipinski definition) is 6. The Morgan fingerprint density at radius 1 is 1.08 bits per heavy atom. The minimum Gasteiger partial charge on any atom is -0.272 e.